The number of likely N-dealkylation sites (N-methyl/N-ethyl adjacent to an activating group) is 1. The largest absolute Gasteiger partial charge is 0.385 e. The first-order chi connectivity index (χ1) is 12.0. The standard InChI is InChI=1S/C17H24N6O2/c1-21(2)12-16(24)15-9-14-11-22(7-8-23(14)20-15)17(25)4-3-13-10-18-5-6-19-13/h5-6,9-10,16,24H,3-4,7-8,11-12H2,1-2H3/t16-/m0/s1. The zero-order valence-electron chi connectivity index (χ0n) is 14.7. The van der Waals surface area contributed by atoms with Gasteiger partial charge in [-0.25, -0.2) is 0 Å². The predicted molar refractivity (Wildman–Crippen MR) is 91.5 cm³/mol. The second-order valence-electron chi connectivity index (χ2n) is 6.57. The van der Waals surface area contributed by atoms with Crippen LogP contribution in [0, 0.1) is 0 Å². The first-order valence-corrected chi connectivity index (χ1v) is 8.45. The third kappa shape index (κ3) is 4.40. The van der Waals surface area contributed by atoms with E-state index in [1.165, 1.54) is 0 Å². The summed E-state index contributed by atoms with van der Waals surface area (Å²) >= 11 is 0. The molecule has 1 atom stereocenters. The number of carbonyl (C=O) groups is 1. The summed E-state index contributed by atoms with van der Waals surface area (Å²) in [6, 6.07) is 1.90. The molecule has 1 aliphatic heterocycles. The van der Waals surface area contributed by atoms with Crippen LogP contribution in [0.1, 0.15) is 29.6 Å². The summed E-state index contributed by atoms with van der Waals surface area (Å²) in [6.45, 7) is 2.34. The molecular weight excluding hydrogens is 320 g/mol. The molecule has 8 heteroatoms. The summed E-state index contributed by atoms with van der Waals surface area (Å²) in [7, 11) is 3.83. The van der Waals surface area contributed by atoms with Gasteiger partial charge in [-0.1, -0.05) is 0 Å². The maximum absolute atomic E-state index is 12.5. The van der Waals surface area contributed by atoms with Crippen molar-refractivity contribution in [2.45, 2.75) is 32.0 Å². The number of aliphatic hydroxyl groups is 1. The number of carbonyl (C=O) groups excluding carboxylic acids is 1. The van der Waals surface area contributed by atoms with Crippen molar-refractivity contribution < 1.29 is 9.90 Å². The van der Waals surface area contributed by atoms with Gasteiger partial charge in [0.2, 0.25) is 5.91 Å². The summed E-state index contributed by atoms with van der Waals surface area (Å²) in [6.07, 6.45) is 5.35. The molecule has 0 bridgehead atoms. The minimum absolute atomic E-state index is 0.105. The summed E-state index contributed by atoms with van der Waals surface area (Å²) < 4.78 is 1.89. The molecule has 0 aromatic carbocycles. The van der Waals surface area contributed by atoms with Gasteiger partial charge >= 0.3 is 0 Å². The van der Waals surface area contributed by atoms with Crippen molar-refractivity contribution >= 4 is 5.91 Å². The van der Waals surface area contributed by atoms with E-state index in [1.54, 1.807) is 18.6 Å². The fourth-order valence-electron chi connectivity index (χ4n) is 2.96. The highest BCUT2D eigenvalue weighted by Crippen LogP contribution is 2.19. The Morgan fingerprint density at radius 2 is 2.20 bits per heavy atom. The van der Waals surface area contributed by atoms with Crippen molar-refractivity contribution in [3.63, 3.8) is 0 Å². The van der Waals surface area contributed by atoms with Gasteiger partial charge in [0, 0.05) is 38.1 Å². The van der Waals surface area contributed by atoms with Crippen LogP contribution in [0.4, 0.5) is 0 Å². The van der Waals surface area contributed by atoms with E-state index < -0.39 is 6.10 Å². The number of hydrogen-bond donors (Lipinski definition) is 1. The van der Waals surface area contributed by atoms with Crippen molar-refractivity contribution in [1.29, 1.82) is 0 Å². The van der Waals surface area contributed by atoms with E-state index in [-0.39, 0.29) is 5.91 Å². The molecule has 134 valence electrons. The van der Waals surface area contributed by atoms with Crippen LogP contribution in [0.15, 0.2) is 24.7 Å². The Labute approximate surface area is 147 Å². The van der Waals surface area contributed by atoms with Crippen LogP contribution in [0.25, 0.3) is 0 Å². The smallest absolute Gasteiger partial charge is 0.223 e. The number of rotatable bonds is 6. The Bertz CT molecular complexity index is 715. The van der Waals surface area contributed by atoms with Crippen LogP contribution in [0.5, 0.6) is 0 Å². The third-order valence-electron chi connectivity index (χ3n) is 4.26. The van der Waals surface area contributed by atoms with Gasteiger partial charge < -0.3 is 14.9 Å². The van der Waals surface area contributed by atoms with Crippen LogP contribution < -0.4 is 0 Å². The Balaban J connectivity index is 1.59. The maximum atomic E-state index is 12.5. The van der Waals surface area contributed by atoms with Crippen LogP contribution in [0.3, 0.4) is 0 Å². The average molecular weight is 344 g/mol. The van der Waals surface area contributed by atoms with Gasteiger partial charge in [-0.15, -0.1) is 0 Å². The molecule has 1 N–H and O–H groups in total. The Morgan fingerprint density at radius 3 is 2.92 bits per heavy atom. The van der Waals surface area contributed by atoms with Gasteiger partial charge in [-0.2, -0.15) is 5.10 Å². The van der Waals surface area contributed by atoms with Gasteiger partial charge in [0.25, 0.3) is 0 Å². The lowest BCUT2D eigenvalue weighted by atomic mass is 10.2. The molecule has 1 amide bonds. The Hall–Kier alpha value is -2.32. The normalized spacial score (nSPS) is 15.3. The van der Waals surface area contributed by atoms with Crippen LogP contribution >= 0.6 is 0 Å². The SMILES string of the molecule is CN(C)C[C@H](O)c1cc2n(n1)CCN(C(=O)CCc1cnccn1)C2. The third-order valence-corrected chi connectivity index (χ3v) is 4.26. The quantitative estimate of drug-likeness (QED) is 0.808. The van der Waals surface area contributed by atoms with E-state index in [2.05, 4.69) is 15.1 Å². The number of aliphatic hydroxyl groups excluding tert-OH is 1. The van der Waals surface area contributed by atoms with Gasteiger partial charge in [0.1, 0.15) is 6.10 Å². The molecular formula is C17H24N6O2. The van der Waals surface area contributed by atoms with E-state index in [0.717, 1.165) is 11.4 Å². The molecule has 0 saturated heterocycles. The van der Waals surface area contributed by atoms with Gasteiger partial charge in [0.15, 0.2) is 0 Å². The van der Waals surface area contributed by atoms with Crippen molar-refractivity contribution in [2.24, 2.45) is 0 Å². The van der Waals surface area contributed by atoms with Crippen LogP contribution in [-0.4, -0.2) is 67.7 Å². The lowest BCUT2D eigenvalue weighted by Crippen LogP contribution is -2.38. The highest BCUT2D eigenvalue weighted by molar-refractivity contribution is 5.76. The van der Waals surface area contributed by atoms with Crippen molar-refractivity contribution in [3.05, 3.63) is 41.7 Å². The summed E-state index contributed by atoms with van der Waals surface area (Å²) in [4.78, 5) is 24.4. The van der Waals surface area contributed by atoms with E-state index >= 15 is 0 Å². The second kappa shape index (κ2) is 7.71. The number of aryl methyl sites for hydroxylation is 1. The lowest BCUT2D eigenvalue weighted by Gasteiger charge is -2.27. The van der Waals surface area contributed by atoms with Crippen LogP contribution in [-0.2, 0) is 24.3 Å². The Kier molecular flexibility index (Phi) is 5.40. The zero-order valence-corrected chi connectivity index (χ0v) is 14.7. The first-order valence-electron chi connectivity index (χ1n) is 8.45. The fourth-order valence-corrected chi connectivity index (χ4v) is 2.96. The average Bonchev–Trinajstić information content (AvgIpc) is 3.03. The number of amides is 1. The molecule has 3 heterocycles. The van der Waals surface area contributed by atoms with E-state index in [0.29, 0.717) is 44.7 Å². The zero-order chi connectivity index (χ0) is 17.8. The number of hydrogen-bond acceptors (Lipinski definition) is 6. The molecule has 0 unspecified atom stereocenters. The van der Waals surface area contributed by atoms with Crippen molar-refractivity contribution in [2.75, 3.05) is 27.2 Å². The number of fused-ring (bicyclic) bond motifs is 1. The maximum Gasteiger partial charge on any atom is 0.223 e. The Morgan fingerprint density at radius 1 is 1.36 bits per heavy atom. The highest BCUT2D eigenvalue weighted by Gasteiger charge is 2.24. The molecule has 3 rings (SSSR count). The minimum Gasteiger partial charge on any atom is -0.385 e. The molecule has 0 spiro atoms. The molecule has 0 radical (unpaired) electrons. The summed E-state index contributed by atoms with van der Waals surface area (Å²) in [5, 5.41) is 14.7. The van der Waals surface area contributed by atoms with Gasteiger partial charge in [-0.3, -0.25) is 19.4 Å². The van der Waals surface area contributed by atoms with E-state index in [1.807, 2.05) is 34.6 Å². The topological polar surface area (TPSA) is 87.4 Å². The predicted octanol–water partition coefficient (Wildman–Crippen LogP) is 0.243. The molecule has 8 nitrogen and oxygen atoms in total. The number of nitrogens with zero attached hydrogens (tertiary/aromatic N) is 6. The van der Waals surface area contributed by atoms with Crippen molar-refractivity contribution in [3.8, 4) is 0 Å². The monoisotopic (exact) mass is 344 g/mol. The molecule has 2 aromatic rings. The first kappa shape index (κ1) is 17.5. The summed E-state index contributed by atoms with van der Waals surface area (Å²) in [5.41, 5.74) is 2.46. The fraction of sp³-hybridized carbons (Fsp3) is 0.529. The van der Waals surface area contributed by atoms with Crippen molar-refractivity contribution in [1.82, 2.24) is 29.5 Å². The molecule has 0 fully saturated rings. The van der Waals surface area contributed by atoms with Gasteiger partial charge in [-0.05, 0) is 26.6 Å². The molecule has 0 saturated carbocycles. The molecule has 2 aromatic heterocycles. The molecule has 1 aliphatic rings. The highest BCUT2D eigenvalue weighted by atomic mass is 16.3. The lowest BCUT2D eigenvalue weighted by molar-refractivity contribution is -0.132. The molecule has 25 heavy (non-hydrogen) atoms. The van der Waals surface area contributed by atoms with Crippen LogP contribution in [0.2, 0.25) is 0 Å². The minimum atomic E-state index is -0.617. The number of aromatic nitrogens is 4. The summed E-state index contributed by atoms with van der Waals surface area (Å²) in [5.74, 6) is 0.105. The van der Waals surface area contributed by atoms with E-state index in [9.17, 15) is 9.90 Å². The molecule has 0 aliphatic carbocycles. The van der Waals surface area contributed by atoms with Gasteiger partial charge in [0.05, 0.1) is 30.2 Å². The van der Waals surface area contributed by atoms with E-state index in [4.69, 9.17) is 0 Å². The second-order valence-corrected chi connectivity index (χ2v) is 6.57.